The first-order chi connectivity index (χ1) is 12.3. The molecule has 0 fully saturated rings. The predicted octanol–water partition coefficient (Wildman–Crippen LogP) is 3.58. The monoisotopic (exact) mass is 434 g/mol. The van der Waals surface area contributed by atoms with Gasteiger partial charge in [0.2, 0.25) is 0 Å². The SMILES string of the molecule is CC(NC(=O)c1cc2ccc(Cl)cc2n1C)c1cnc(C(N)=O)cc1Br. The van der Waals surface area contributed by atoms with Crippen molar-refractivity contribution < 1.29 is 9.59 Å². The molecule has 6 nitrogen and oxygen atoms in total. The lowest BCUT2D eigenvalue weighted by atomic mass is 10.1. The van der Waals surface area contributed by atoms with E-state index in [4.69, 9.17) is 17.3 Å². The van der Waals surface area contributed by atoms with E-state index in [2.05, 4.69) is 26.2 Å². The number of carbonyl (C=O) groups excluding carboxylic acids is 2. The number of hydrogen-bond acceptors (Lipinski definition) is 3. The molecule has 2 amide bonds. The van der Waals surface area contributed by atoms with Gasteiger partial charge in [-0.1, -0.05) is 33.6 Å². The molecule has 1 unspecified atom stereocenters. The van der Waals surface area contributed by atoms with E-state index in [9.17, 15) is 9.59 Å². The van der Waals surface area contributed by atoms with Crippen LogP contribution in [0.3, 0.4) is 0 Å². The number of pyridine rings is 1. The van der Waals surface area contributed by atoms with E-state index < -0.39 is 5.91 Å². The Morgan fingerprint density at radius 1 is 1.31 bits per heavy atom. The second kappa shape index (κ2) is 7.09. The molecule has 2 heterocycles. The van der Waals surface area contributed by atoms with Crippen molar-refractivity contribution in [1.82, 2.24) is 14.9 Å². The number of benzene rings is 1. The zero-order chi connectivity index (χ0) is 19.0. The molecule has 0 aliphatic heterocycles. The number of rotatable bonds is 4. The summed E-state index contributed by atoms with van der Waals surface area (Å²) in [6.45, 7) is 1.84. The van der Waals surface area contributed by atoms with Crippen molar-refractivity contribution in [1.29, 1.82) is 0 Å². The molecule has 0 bridgehead atoms. The summed E-state index contributed by atoms with van der Waals surface area (Å²) in [6, 6.07) is 8.52. The molecule has 3 N–H and O–H groups in total. The molecule has 0 aliphatic rings. The van der Waals surface area contributed by atoms with Gasteiger partial charge in [0, 0.05) is 39.2 Å². The number of aryl methyl sites for hydroxylation is 1. The molecule has 0 saturated heterocycles. The summed E-state index contributed by atoms with van der Waals surface area (Å²) in [5.41, 5.74) is 7.52. The van der Waals surface area contributed by atoms with Crippen molar-refractivity contribution in [3.8, 4) is 0 Å². The van der Waals surface area contributed by atoms with Crippen LogP contribution >= 0.6 is 27.5 Å². The summed E-state index contributed by atoms with van der Waals surface area (Å²) in [5.74, 6) is -0.832. The van der Waals surface area contributed by atoms with Crippen LogP contribution in [-0.4, -0.2) is 21.4 Å². The number of aromatic nitrogens is 2. The topological polar surface area (TPSA) is 90.0 Å². The van der Waals surface area contributed by atoms with Crippen molar-refractivity contribution >= 4 is 50.2 Å². The smallest absolute Gasteiger partial charge is 0.268 e. The molecule has 0 spiro atoms. The van der Waals surface area contributed by atoms with Crippen LogP contribution in [0.1, 0.15) is 39.5 Å². The number of carbonyl (C=O) groups is 2. The van der Waals surface area contributed by atoms with Crippen LogP contribution in [0.4, 0.5) is 0 Å². The van der Waals surface area contributed by atoms with Crippen LogP contribution in [0.15, 0.2) is 41.0 Å². The highest BCUT2D eigenvalue weighted by Crippen LogP contribution is 2.25. The molecule has 1 atom stereocenters. The Kier molecular flexibility index (Phi) is 5.02. The zero-order valence-electron chi connectivity index (χ0n) is 14.1. The van der Waals surface area contributed by atoms with Crippen LogP contribution in [0.2, 0.25) is 5.02 Å². The molecule has 2 aromatic heterocycles. The quantitative estimate of drug-likeness (QED) is 0.656. The maximum Gasteiger partial charge on any atom is 0.268 e. The normalized spacial score (nSPS) is 12.2. The van der Waals surface area contributed by atoms with E-state index in [1.54, 1.807) is 16.7 Å². The number of nitrogens with two attached hydrogens (primary N) is 1. The number of primary amides is 1. The minimum absolute atomic E-state index is 0.157. The first-order valence-corrected chi connectivity index (χ1v) is 8.96. The predicted molar refractivity (Wildman–Crippen MR) is 104 cm³/mol. The Bertz CT molecular complexity index is 1030. The fourth-order valence-electron chi connectivity index (χ4n) is 2.76. The fourth-order valence-corrected chi connectivity index (χ4v) is 3.59. The lowest BCUT2D eigenvalue weighted by molar-refractivity contribution is 0.0930. The van der Waals surface area contributed by atoms with E-state index >= 15 is 0 Å². The minimum Gasteiger partial charge on any atom is -0.364 e. The molecular weight excluding hydrogens is 420 g/mol. The van der Waals surface area contributed by atoms with E-state index in [0.717, 1.165) is 16.5 Å². The van der Waals surface area contributed by atoms with Gasteiger partial charge in [-0.2, -0.15) is 0 Å². The van der Waals surface area contributed by atoms with Crippen LogP contribution in [0, 0.1) is 0 Å². The molecule has 0 saturated carbocycles. The number of fused-ring (bicyclic) bond motifs is 1. The number of nitrogens with zero attached hydrogens (tertiary/aromatic N) is 2. The van der Waals surface area contributed by atoms with Gasteiger partial charge in [-0.15, -0.1) is 0 Å². The molecule has 26 heavy (non-hydrogen) atoms. The third-order valence-electron chi connectivity index (χ3n) is 4.19. The lowest BCUT2D eigenvalue weighted by Crippen LogP contribution is -2.28. The number of hydrogen-bond donors (Lipinski definition) is 2. The lowest BCUT2D eigenvalue weighted by Gasteiger charge is -2.16. The largest absolute Gasteiger partial charge is 0.364 e. The van der Waals surface area contributed by atoms with Gasteiger partial charge in [0.25, 0.3) is 11.8 Å². The Morgan fingerprint density at radius 2 is 2.04 bits per heavy atom. The van der Waals surface area contributed by atoms with Crippen molar-refractivity contribution in [2.45, 2.75) is 13.0 Å². The minimum atomic E-state index is -0.608. The zero-order valence-corrected chi connectivity index (χ0v) is 16.4. The van der Waals surface area contributed by atoms with Gasteiger partial charge in [0.1, 0.15) is 11.4 Å². The maximum absolute atomic E-state index is 12.7. The first-order valence-electron chi connectivity index (χ1n) is 7.79. The molecule has 8 heteroatoms. The van der Waals surface area contributed by atoms with Crippen LogP contribution in [0.5, 0.6) is 0 Å². The average molecular weight is 436 g/mol. The Hall–Kier alpha value is -2.38. The summed E-state index contributed by atoms with van der Waals surface area (Å²) < 4.78 is 2.45. The molecule has 0 aliphatic carbocycles. The van der Waals surface area contributed by atoms with Gasteiger partial charge in [0.05, 0.1) is 6.04 Å². The third-order valence-corrected chi connectivity index (χ3v) is 5.11. The molecule has 3 rings (SSSR count). The van der Waals surface area contributed by atoms with Gasteiger partial charge >= 0.3 is 0 Å². The van der Waals surface area contributed by atoms with Crippen LogP contribution in [0.25, 0.3) is 10.9 Å². The van der Waals surface area contributed by atoms with E-state index in [0.29, 0.717) is 15.2 Å². The Balaban J connectivity index is 1.86. The summed E-state index contributed by atoms with van der Waals surface area (Å²) in [4.78, 5) is 27.9. The summed E-state index contributed by atoms with van der Waals surface area (Å²) in [7, 11) is 1.82. The Morgan fingerprint density at radius 3 is 2.69 bits per heavy atom. The molecule has 0 radical (unpaired) electrons. The first kappa shape index (κ1) is 18.4. The van der Waals surface area contributed by atoms with Gasteiger partial charge in [-0.3, -0.25) is 14.6 Å². The van der Waals surface area contributed by atoms with Crippen molar-refractivity contribution in [3.05, 3.63) is 63.0 Å². The highest BCUT2D eigenvalue weighted by Gasteiger charge is 2.19. The highest BCUT2D eigenvalue weighted by molar-refractivity contribution is 9.10. The maximum atomic E-state index is 12.7. The standard InChI is InChI=1S/C18H16BrClN4O2/c1-9(12-8-22-14(17(21)25)7-13(12)19)23-18(26)16-5-10-3-4-11(20)6-15(10)24(16)2/h3-9H,1-2H3,(H2,21,25)(H,23,26). The van der Waals surface area contributed by atoms with E-state index in [1.165, 1.54) is 6.20 Å². The molecule has 3 aromatic rings. The average Bonchev–Trinajstić information content (AvgIpc) is 2.91. The number of amides is 2. The number of halogens is 2. The van der Waals surface area contributed by atoms with Crippen molar-refractivity contribution in [3.63, 3.8) is 0 Å². The van der Waals surface area contributed by atoms with Crippen LogP contribution in [-0.2, 0) is 7.05 Å². The van der Waals surface area contributed by atoms with Gasteiger partial charge < -0.3 is 15.6 Å². The Labute approximate surface area is 163 Å². The van der Waals surface area contributed by atoms with Gasteiger partial charge in [-0.05, 0) is 31.2 Å². The highest BCUT2D eigenvalue weighted by atomic mass is 79.9. The molecule has 134 valence electrons. The van der Waals surface area contributed by atoms with E-state index in [1.807, 2.05) is 32.2 Å². The van der Waals surface area contributed by atoms with Crippen molar-refractivity contribution in [2.24, 2.45) is 12.8 Å². The summed E-state index contributed by atoms with van der Waals surface area (Å²) in [5, 5.41) is 4.49. The fraction of sp³-hybridized carbons (Fsp3) is 0.167. The van der Waals surface area contributed by atoms with Crippen LogP contribution < -0.4 is 11.1 Å². The summed E-state index contributed by atoms with van der Waals surface area (Å²) in [6.07, 6.45) is 1.52. The second-order valence-electron chi connectivity index (χ2n) is 5.94. The second-order valence-corrected chi connectivity index (χ2v) is 7.23. The van der Waals surface area contributed by atoms with Crippen molar-refractivity contribution in [2.75, 3.05) is 0 Å². The molecule has 1 aromatic carbocycles. The molecular formula is C18H16BrClN4O2. The van der Waals surface area contributed by atoms with Gasteiger partial charge in [-0.25, -0.2) is 0 Å². The van der Waals surface area contributed by atoms with Gasteiger partial charge in [0.15, 0.2) is 0 Å². The summed E-state index contributed by atoms with van der Waals surface area (Å²) >= 11 is 9.43. The third kappa shape index (κ3) is 3.45. The number of nitrogens with one attached hydrogen (secondary N) is 1. The van der Waals surface area contributed by atoms with E-state index in [-0.39, 0.29) is 17.6 Å².